The molecule has 6 heteroatoms. The molecule has 1 aromatic rings. The molecule has 0 aliphatic heterocycles. The van der Waals surface area contributed by atoms with Gasteiger partial charge in [0.1, 0.15) is 5.82 Å². The Hall–Kier alpha value is -1.17. The molecule has 0 bridgehead atoms. The number of carbonyl (C=O) groups is 1. The van der Waals surface area contributed by atoms with Crippen molar-refractivity contribution in [1.29, 1.82) is 0 Å². The van der Waals surface area contributed by atoms with Gasteiger partial charge in [0.2, 0.25) is 5.91 Å². The molecule has 0 aromatic heterocycles. The quantitative estimate of drug-likeness (QED) is 0.860. The molecule has 100 valence electrons. The first kappa shape index (κ1) is 14.9. The van der Waals surface area contributed by atoms with Crippen molar-refractivity contribution in [2.45, 2.75) is 13.0 Å². The van der Waals surface area contributed by atoms with Gasteiger partial charge in [0.25, 0.3) is 0 Å². The van der Waals surface area contributed by atoms with Crippen molar-refractivity contribution in [2.75, 3.05) is 25.5 Å². The van der Waals surface area contributed by atoms with Crippen LogP contribution in [0.3, 0.4) is 0 Å². The van der Waals surface area contributed by atoms with Gasteiger partial charge in [0.15, 0.2) is 0 Å². The molecular formula is C12H16ClFN2O2. The molecule has 4 nitrogen and oxygen atoms in total. The normalized spacial score (nSPS) is 12.6. The van der Waals surface area contributed by atoms with Crippen molar-refractivity contribution in [2.24, 2.45) is 0 Å². The lowest BCUT2D eigenvalue weighted by Gasteiger charge is -2.22. The number of anilines is 1. The standard InChI is InChI=1S/C12H16ClFN2O2/c1-8(7-17)16(2)6-12(18)15-11-5-9(13)3-4-10(11)14/h3-5,8,17H,6-7H2,1-2H3,(H,15,18). The Bertz CT molecular complexity index is 429. The van der Waals surface area contributed by atoms with E-state index < -0.39 is 5.82 Å². The summed E-state index contributed by atoms with van der Waals surface area (Å²) in [5, 5.41) is 11.7. The second-order valence-corrected chi connectivity index (χ2v) is 4.56. The van der Waals surface area contributed by atoms with Crippen molar-refractivity contribution in [3.05, 3.63) is 29.0 Å². The van der Waals surface area contributed by atoms with Crippen LogP contribution in [0.5, 0.6) is 0 Å². The Morgan fingerprint density at radius 2 is 2.28 bits per heavy atom. The van der Waals surface area contributed by atoms with E-state index in [-0.39, 0.29) is 30.8 Å². The fourth-order valence-electron chi connectivity index (χ4n) is 1.30. The number of aliphatic hydroxyl groups is 1. The monoisotopic (exact) mass is 274 g/mol. The highest BCUT2D eigenvalue weighted by Crippen LogP contribution is 2.19. The number of nitrogens with one attached hydrogen (secondary N) is 1. The second-order valence-electron chi connectivity index (χ2n) is 4.12. The summed E-state index contributed by atoms with van der Waals surface area (Å²) in [6, 6.07) is 3.81. The lowest BCUT2D eigenvalue weighted by molar-refractivity contribution is -0.117. The van der Waals surface area contributed by atoms with Crippen LogP contribution >= 0.6 is 11.6 Å². The number of rotatable bonds is 5. The summed E-state index contributed by atoms with van der Waals surface area (Å²) >= 11 is 5.72. The third-order valence-electron chi connectivity index (χ3n) is 2.61. The van der Waals surface area contributed by atoms with Gasteiger partial charge in [-0.05, 0) is 32.2 Å². The van der Waals surface area contributed by atoms with E-state index in [1.54, 1.807) is 18.9 Å². The number of nitrogens with zero attached hydrogens (tertiary/aromatic N) is 1. The van der Waals surface area contributed by atoms with Gasteiger partial charge < -0.3 is 10.4 Å². The average molecular weight is 275 g/mol. The number of benzene rings is 1. The van der Waals surface area contributed by atoms with Crippen LogP contribution in [0.2, 0.25) is 5.02 Å². The van der Waals surface area contributed by atoms with Gasteiger partial charge in [-0.25, -0.2) is 4.39 Å². The zero-order valence-corrected chi connectivity index (χ0v) is 11.0. The third-order valence-corrected chi connectivity index (χ3v) is 2.85. The Kier molecular flexibility index (Phi) is 5.53. The molecule has 1 atom stereocenters. The Morgan fingerprint density at radius 3 is 2.89 bits per heavy atom. The summed E-state index contributed by atoms with van der Waals surface area (Å²) in [6.45, 7) is 1.80. The number of hydrogen-bond donors (Lipinski definition) is 2. The average Bonchev–Trinajstić information content (AvgIpc) is 2.32. The van der Waals surface area contributed by atoms with Gasteiger partial charge in [-0.2, -0.15) is 0 Å². The molecule has 0 heterocycles. The topological polar surface area (TPSA) is 52.6 Å². The van der Waals surface area contributed by atoms with Crippen molar-refractivity contribution in [3.63, 3.8) is 0 Å². The van der Waals surface area contributed by atoms with Crippen LogP contribution in [-0.4, -0.2) is 42.2 Å². The van der Waals surface area contributed by atoms with Crippen LogP contribution in [0.15, 0.2) is 18.2 Å². The third kappa shape index (κ3) is 4.25. The number of amides is 1. The van der Waals surface area contributed by atoms with Crippen molar-refractivity contribution >= 4 is 23.2 Å². The van der Waals surface area contributed by atoms with E-state index in [9.17, 15) is 9.18 Å². The van der Waals surface area contributed by atoms with E-state index in [0.29, 0.717) is 5.02 Å². The molecular weight excluding hydrogens is 259 g/mol. The van der Waals surface area contributed by atoms with E-state index in [2.05, 4.69) is 5.32 Å². The lowest BCUT2D eigenvalue weighted by Crippen LogP contribution is -2.38. The fraction of sp³-hybridized carbons (Fsp3) is 0.417. The summed E-state index contributed by atoms with van der Waals surface area (Å²) in [6.07, 6.45) is 0. The molecule has 1 rings (SSSR count). The zero-order valence-electron chi connectivity index (χ0n) is 10.3. The maximum atomic E-state index is 13.4. The van der Waals surface area contributed by atoms with Gasteiger partial charge in [-0.15, -0.1) is 0 Å². The maximum absolute atomic E-state index is 13.4. The largest absolute Gasteiger partial charge is 0.395 e. The highest BCUT2D eigenvalue weighted by molar-refractivity contribution is 6.30. The SMILES string of the molecule is CC(CO)N(C)CC(=O)Nc1cc(Cl)ccc1F. The van der Waals surface area contributed by atoms with Crippen molar-refractivity contribution in [3.8, 4) is 0 Å². The van der Waals surface area contributed by atoms with Crippen LogP contribution in [-0.2, 0) is 4.79 Å². The van der Waals surface area contributed by atoms with Gasteiger partial charge in [-0.3, -0.25) is 9.69 Å². The summed E-state index contributed by atoms with van der Waals surface area (Å²) in [7, 11) is 1.70. The molecule has 0 aliphatic rings. The molecule has 1 aromatic carbocycles. The molecule has 0 spiro atoms. The minimum atomic E-state index is -0.536. The molecule has 2 N–H and O–H groups in total. The molecule has 18 heavy (non-hydrogen) atoms. The summed E-state index contributed by atoms with van der Waals surface area (Å²) in [5.41, 5.74) is 0.0533. The lowest BCUT2D eigenvalue weighted by atomic mass is 10.3. The highest BCUT2D eigenvalue weighted by Gasteiger charge is 2.13. The first-order valence-electron chi connectivity index (χ1n) is 5.50. The van der Waals surface area contributed by atoms with E-state index >= 15 is 0 Å². The summed E-state index contributed by atoms with van der Waals surface area (Å²) in [5.74, 6) is -0.899. The van der Waals surface area contributed by atoms with Crippen molar-refractivity contribution < 1.29 is 14.3 Å². The van der Waals surface area contributed by atoms with Crippen LogP contribution in [0.4, 0.5) is 10.1 Å². The number of halogens is 2. The number of likely N-dealkylation sites (N-methyl/N-ethyl adjacent to an activating group) is 1. The summed E-state index contributed by atoms with van der Waals surface area (Å²) < 4.78 is 13.4. The van der Waals surface area contributed by atoms with Gasteiger partial charge in [0.05, 0.1) is 18.8 Å². The second kappa shape index (κ2) is 6.68. The van der Waals surface area contributed by atoms with E-state index in [1.165, 1.54) is 18.2 Å². The number of carbonyl (C=O) groups excluding carboxylic acids is 1. The fourth-order valence-corrected chi connectivity index (χ4v) is 1.48. The highest BCUT2D eigenvalue weighted by atomic mass is 35.5. The first-order valence-corrected chi connectivity index (χ1v) is 5.88. The van der Waals surface area contributed by atoms with E-state index in [1.807, 2.05) is 0 Å². The Balaban J connectivity index is 2.62. The Labute approximate surface area is 110 Å². The van der Waals surface area contributed by atoms with E-state index in [0.717, 1.165) is 0 Å². The van der Waals surface area contributed by atoms with Crippen LogP contribution in [0.25, 0.3) is 0 Å². The van der Waals surface area contributed by atoms with Gasteiger partial charge >= 0.3 is 0 Å². The predicted octanol–water partition coefficient (Wildman–Crippen LogP) is 1.73. The predicted molar refractivity (Wildman–Crippen MR) is 69.2 cm³/mol. The molecule has 0 saturated carbocycles. The molecule has 0 aliphatic carbocycles. The van der Waals surface area contributed by atoms with Crippen LogP contribution < -0.4 is 5.32 Å². The Morgan fingerprint density at radius 1 is 1.61 bits per heavy atom. The number of hydrogen-bond acceptors (Lipinski definition) is 3. The summed E-state index contributed by atoms with van der Waals surface area (Å²) in [4.78, 5) is 13.3. The maximum Gasteiger partial charge on any atom is 0.238 e. The molecule has 0 radical (unpaired) electrons. The molecule has 0 fully saturated rings. The first-order chi connectivity index (χ1) is 8.43. The smallest absolute Gasteiger partial charge is 0.238 e. The minimum absolute atomic E-state index is 0.0463. The molecule has 1 amide bonds. The minimum Gasteiger partial charge on any atom is -0.395 e. The molecule has 0 saturated heterocycles. The van der Waals surface area contributed by atoms with Gasteiger partial charge in [0, 0.05) is 11.1 Å². The van der Waals surface area contributed by atoms with Gasteiger partial charge in [-0.1, -0.05) is 11.6 Å². The number of aliphatic hydroxyl groups excluding tert-OH is 1. The van der Waals surface area contributed by atoms with Crippen LogP contribution in [0.1, 0.15) is 6.92 Å². The van der Waals surface area contributed by atoms with Crippen molar-refractivity contribution in [1.82, 2.24) is 4.90 Å². The zero-order chi connectivity index (χ0) is 13.7. The van der Waals surface area contributed by atoms with Crippen LogP contribution in [0, 0.1) is 5.82 Å². The van der Waals surface area contributed by atoms with E-state index in [4.69, 9.17) is 16.7 Å². The molecule has 1 unspecified atom stereocenters.